The Morgan fingerprint density at radius 2 is 1.96 bits per heavy atom. The predicted octanol–water partition coefficient (Wildman–Crippen LogP) is 5.95. The van der Waals surface area contributed by atoms with Crippen LogP contribution in [0.3, 0.4) is 0 Å². The minimum atomic E-state index is -0.504. The van der Waals surface area contributed by atoms with Crippen LogP contribution in [0.2, 0.25) is 5.02 Å². The van der Waals surface area contributed by atoms with E-state index in [1.807, 2.05) is 0 Å². The van der Waals surface area contributed by atoms with E-state index in [-0.39, 0.29) is 22.2 Å². The van der Waals surface area contributed by atoms with Crippen molar-refractivity contribution in [3.8, 4) is 5.75 Å². The molecule has 0 atom stereocenters. The summed E-state index contributed by atoms with van der Waals surface area (Å²) in [5, 5.41) is 9.79. The van der Waals surface area contributed by atoms with Crippen molar-refractivity contribution in [2.24, 2.45) is 0 Å². The maximum Gasteiger partial charge on any atom is 0.293 e. The number of hydrogen-bond acceptors (Lipinski definition) is 4. The highest BCUT2D eigenvalue weighted by Crippen LogP contribution is 2.38. The number of carbonyl (C=O) groups excluding carboxylic acids is 2. The lowest BCUT2D eigenvalue weighted by molar-refractivity contribution is -0.123. The van der Waals surface area contributed by atoms with Gasteiger partial charge in [0.15, 0.2) is 0 Å². The number of phenols is 1. The molecule has 1 saturated heterocycles. The number of nitrogens with zero attached hydrogens (tertiary/aromatic N) is 1. The van der Waals surface area contributed by atoms with Crippen LogP contribution in [-0.2, 0) is 11.3 Å². The molecule has 3 rings (SSSR count). The average Bonchev–Trinajstić information content (AvgIpc) is 2.82. The van der Waals surface area contributed by atoms with Crippen LogP contribution in [0.1, 0.15) is 11.1 Å². The molecule has 26 heavy (non-hydrogen) atoms. The van der Waals surface area contributed by atoms with Gasteiger partial charge in [-0.2, -0.15) is 0 Å². The van der Waals surface area contributed by atoms with Crippen molar-refractivity contribution in [3.63, 3.8) is 0 Å². The zero-order chi connectivity index (χ0) is 19.0. The van der Waals surface area contributed by atoms with Crippen LogP contribution in [0.4, 0.5) is 9.18 Å². The van der Waals surface area contributed by atoms with Gasteiger partial charge in [0.1, 0.15) is 11.6 Å². The number of benzene rings is 2. The number of hydrogen-bond donors (Lipinski definition) is 1. The van der Waals surface area contributed by atoms with Crippen LogP contribution in [0, 0.1) is 5.82 Å². The highest BCUT2D eigenvalue weighted by atomic mass is 79.9. The van der Waals surface area contributed by atoms with E-state index in [0.717, 1.165) is 22.7 Å². The second-order valence-electron chi connectivity index (χ2n) is 5.33. The molecular formula is C17H9Br2ClFNO3S. The Morgan fingerprint density at radius 3 is 2.65 bits per heavy atom. The molecule has 4 nitrogen and oxygen atoms in total. The van der Waals surface area contributed by atoms with E-state index in [1.54, 1.807) is 12.1 Å². The largest absolute Gasteiger partial charge is 0.506 e. The lowest BCUT2D eigenvalue weighted by Gasteiger charge is -2.13. The number of phenolic OH excluding ortho intramolecular Hbond substituents is 1. The first kappa shape index (κ1) is 19.4. The van der Waals surface area contributed by atoms with Gasteiger partial charge in [0.25, 0.3) is 11.1 Å². The minimum absolute atomic E-state index is 0.0402. The molecule has 1 heterocycles. The van der Waals surface area contributed by atoms with Gasteiger partial charge < -0.3 is 5.11 Å². The lowest BCUT2D eigenvalue weighted by Crippen LogP contribution is -2.27. The molecule has 1 aliphatic rings. The third-order valence-corrected chi connectivity index (χ3v) is 5.88. The first-order chi connectivity index (χ1) is 12.3. The Balaban J connectivity index is 1.89. The summed E-state index contributed by atoms with van der Waals surface area (Å²) in [4.78, 5) is 26.0. The summed E-state index contributed by atoms with van der Waals surface area (Å²) in [5.41, 5.74) is 0.848. The zero-order valence-corrected chi connectivity index (χ0v) is 17.5. The van der Waals surface area contributed by atoms with Crippen LogP contribution >= 0.6 is 55.2 Å². The van der Waals surface area contributed by atoms with Crippen molar-refractivity contribution in [1.29, 1.82) is 0 Å². The van der Waals surface area contributed by atoms with Gasteiger partial charge >= 0.3 is 0 Å². The Labute approximate surface area is 174 Å². The van der Waals surface area contributed by atoms with E-state index in [2.05, 4.69) is 31.9 Å². The number of aromatic hydroxyl groups is 1. The van der Waals surface area contributed by atoms with E-state index in [0.29, 0.717) is 20.1 Å². The smallest absolute Gasteiger partial charge is 0.293 e. The van der Waals surface area contributed by atoms with Gasteiger partial charge in [-0.05, 0) is 63.6 Å². The van der Waals surface area contributed by atoms with E-state index < -0.39 is 17.0 Å². The predicted molar refractivity (Wildman–Crippen MR) is 106 cm³/mol. The summed E-state index contributed by atoms with van der Waals surface area (Å²) < 4.78 is 14.3. The third-order valence-electron chi connectivity index (χ3n) is 3.56. The molecule has 1 N–H and O–H groups in total. The molecule has 2 amide bonds. The standard InChI is InChI=1S/C17H9Br2ClFNO3S/c18-10-3-9(15(23)12(19)5-10)4-14-16(24)22(17(25)26-14)7-8-1-2-11(21)6-13(8)20/h1-6,23H,7H2/b14-4-. The molecule has 0 aromatic heterocycles. The summed E-state index contributed by atoms with van der Waals surface area (Å²) in [6.07, 6.45) is 1.45. The summed E-state index contributed by atoms with van der Waals surface area (Å²) in [6, 6.07) is 7.07. The summed E-state index contributed by atoms with van der Waals surface area (Å²) in [7, 11) is 0. The van der Waals surface area contributed by atoms with Crippen LogP contribution < -0.4 is 0 Å². The van der Waals surface area contributed by atoms with Crippen molar-refractivity contribution >= 4 is 72.4 Å². The Hall–Kier alpha value is -1.35. The SMILES string of the molecule is O=C1S/C(=C\c2cc(Br)cc(Br)c2O)C(=O)N1Cc1ccc(F)cc1Cl. The fourth-order valence-corrected chi connectivity index (χ4v) is 4.61. The molecule has 1 fully saturated rings. The highest BCUT2D eigenvalue weighted by Gasteiger charge is 2.35. The molecule has 134 valence electrons. The van der Waals surface area contributed by atoms with Crippen molar-refractivity contribution in [2.75, 3.05) is 0 Å². The van der Waals surface area contributed by atoms with Gasteiger partial charge in [0, 0.05) is 15.1 Å². The Bertz CT molecular complexity index is 967. The summed E-state index contributed by atoms with van der Waals surface area (Å²) in [6.45, 7) is -0.0602. The van der Waals surface area contributed by atoms with Crippen LogP contribution in [0.15, 0.2) is 44.2 Å². The van der Waals surface area contributed by atoms with Crippen molar-refractivity contribution in [2.45, 2.75) is 6.54 Å². The molecule has 9 heteroatoms. The first-order valence-electron chi connectivity index (χ1n) is 7.13. The van der Waals surface area contributed by atoms with E-state index in [1.165, 1.54) is 18.2 Å². The van der Waals surface area contributed by atoms with Crippen molar-refractivity contribution in [1.82, 2.24) is 4.90 Å². The van der Waals surface area contributed by atoms with E-state index in [9.17, 15) is 19.1 Å². The fraction of sp³-hybridized carbons (Fsp3) is 0.0588. The summed E-state index contributed by atoms with van der Waals surface area (Å²) >= 11 is 13.3. The van der Waals surface area contributed by atoms with Gasteiger partial charge in [-0.25, -0.2) is 4.39 Å². The maximum atomic E-state index is 13.1. The average molecular weight is 522 g/mol. The van der Waals surface area contributed by atoms with Crippen LogP contribution in [0.25, 0.3) is 6.08 Å². The van der Waals surface area contributed by atoms with Crippen molar-refractivity contribution < 1.29 is 19.1 Å². The van der Waals surface area contributed by atoms with Crippen LogP contribution in [-0.4, -0.2) is 21.2 Å². The molecule has 0 unspecified atom stereocenters. The van der Waals surface area contributed by atoms with Gasteiger partial charge in [0.2, 0.25) is 0 Å². The zero-order valence-electron chi connectivity index (χ0n) is 12.8. The topological polar surface area (TPSA) is 57.6 Å². The number of imide groups is 1. The van der Waals surface area contributed by atoms with E-state index in [4.69, 9.17) is 11.6 Å². The number of halogens is 4. The molecule has 0 aliphatic carbocycles. The summed E-state index contributed by atoms with van der Waals surface area (Å²) in [5.74, 6) is -1.04. The molecule has 0 radical (unpaired) electrons. The number of carbonyl (C=O) groups is 2. The quantitative estimate of drug-likeness (QED) is 0.508. The number of rotatable bonds is 3. The van der Waals surface area contributed by atoms with Gasteiger partial charge in [-0.1, -0.05) is 33.6 Å². The molecule has 0 bridgehead atoms. The van der Waals surface area contributed by atoms with Crippen LogP contribution in [0.5, 0.6) is 5.75 Å². The lowest BCUT2D eigenvalue weighted by atomic mass is 10.1. The Kier molecular flexibility index (Phi) is 5.76. The monoisotopic (exact) mass is 519 g/mol. The maximum absolute atomic E-state index is 13.1. The third kappa shape index (κ3) is 3.98. The molecule has 0 spiro atoms. The minimum Gasteiger partial charge on any atom is -0.506 e. The normalized spacial score (nSPS) is 16.0. The molecule has 1 aliphatic heterocycles. The Morgan fingerprint density at radius 1 is 1.23 bits per heavy atom. The molecule has 0 saturated carbocycles. The second kappa shape index (κ2) is 7.72. The fourth-order valence-electron chi connectivity index (χ4n) is 2.29. The van der Waals surface area contributed by atoms with Crippen molar-refractivity contribution in [3.05, 3.63) is 66.1 Å². The molecule has 2 aromatic carbocycles. The number of thioether (sulfide) groups is 1. The van der Waals surface area contributed by atoms with Gasteiger partial charge in [-0.15, -0.1) is 0 Å². The van der Waals surface area contributed by atoms with Gasteiger partial charge in [0.05, 0.1) is 15.9 Å². The van der Waals surface area contributed by atoms with Gasteiger partial charge in [-0.3, -0.25) is 14.5 Å². The number of amides is 2. The molecule has 2 aromatic rings. The second-order valence-corrected chi connectivity index (χ2v) is 8.50. The first-order valence-corrected chi connectivity index (χ1v) is 9.91. The highest BCUT2D eigenvalue weighted by molar-refractivity contribution is 9.11. The molecular weight excluding hydrogens is 513 g/mol. The van der Waals surface area contributed by atoms with E-state index >= 15 is 0 Å².